The third kappa shape index (κ3) is 4.08. The fraction of sp³-hybridized carbons (Fsp3) is 0.462. The normalized spacial score (nSPS) is 11.1. The molecule has 0 aliphatic carbocycles. The van der Waals surface area contributed by atoms with Crippen molar-refractivity contribution >= 4 is 27.8 Å². The summed E-state index contributed by atoms with van der Waals surface area (Å²) in [7, 11) is 2.15. The number of anilines is 1. The summed E-state index contributed by atoms with van der Waals surface area (Å²) < 4.78 is 0. The van der Waals surface area contributed by atoms with Crippen molar-refractivity contribution in [1.29, 1.82) is 0 Å². The molecule has 0 saturated heterocycles. The maximum Gasteiger partial charge on any atom is 0.182 e. The van der Waals surface area contributed by atoms with Gasteiger partial charge in [-0.3, -0.25) is 4.90 Å². The van der Waals surface area contributed by atoms with Crippen molar-refractivity contribution in [3.8, 4) is 0 Å². The molecule has 0 unspecified atom stereocenters. The fourth-order valence-corrected chi connectivity index (χ4v) is 3.29. The van der Waals surface area contributed by atoms with Gasteiger partial charge >= 0.3 is 0 Å². The Morgan fingerprint density at radius 3 is 3.00 bits per heavy atom. The molecule has 1 N–H and O–H groups in total. The summed E-state index contributed by atoms with van der Waals surface area (Å²) in [5.74, 6) is 0. The van der Waals surface area contributed by atoms with Gasteiger partial charge in [-0.25, -0.2) is 4.98 Å². The average molecular weight is 281 g/mol. The summed E-state index contributed by atoms with van der Waals surface area (Å²) in [6.07, 6.45) is 3.11. The number of hydrogen-bond donors (Lipinski definition) is 1. The van der Waals surface area contributed by atoms with Crippen molar-refractivity contribution in [3.05, 3.63) is 33.5 Å². The molecule has 0 aromatic carbocycles. The minimum absolute atomic E-state index is 0.960. The first kappa shape index (κ1) is 13.5. The van der Waals surface area contributed by atoms with Crippen LogP contribution in [0.15, 0.2) is 23.0 Å². The van der Waals surface area contributed by atoms with E-state index in [0.717, 1.165) is 31.2 Å². The molecule has 0 amide bonds. The van der Waals surface area contributed by atoms with E-state index < -0.39 is 0 Å². The van der Waals surface area contributed by atoms with Crippen LogP contribution in [0.2, 0.25) is 0 Å². The molecule has 0 spiro atoms. The summed E-state index contributed by atoms with van der Waals surface area (Å²) >= 11 is 3.51. The van der Waals surface area contributed by atoms with Crippen molar-refractivity contribution in [3.63, 3.8) is 0 Å². The molecular formula is C13H19N3S2. The van der Waals surface area contributed by atoms with Gasteiger partial charge in [0.15, 0.2) is 5.13 Å². The van der Waals surface area contributed by atoms with Crippen LogP contribution >= 0.6 is 22.7 Å². The van der Waals surface area contributed by atoms with E-state index in [9.17, 15) is 0 Å². The van der Waals surface area contributed by atoms with Gasteiger partial charge < -0.3 is 5.32 Å². The number of aromatic nitrogens is 1. The Hall–Kier alpha value is -0.910. The zero-order valence-electron chi connectivity index (χ0n) is 10.8. The lowest BCUT2D eigenvalue weighted by molar-refractivity contribution is 0.322. The van der Waals surface area contributed by atoms with E-state index >= 15 is 0 Å². The van der Waals surface area contributed by atoms with Gasteiger partial charge in [-0.15, -0.1) is 11.3 Å². The minimum Gasteiger partial charge on any atom is -0.362 e. The highest BCUT2D eigenvalue weighted by Gasteiger charge is 2.06. The lowest BCUT2D eigenvalue weighted by Gasteiger charge is -2.13. The van der Waals surface area contributed by atoms with Crippen LogP contribution in [-0.2, 0) is 13.1 Å². The molecule has 2 heterocycles. The quantitative estimate of drug-likeness (QED) is 0.839. The van der Waals surface area contributed by atoms with Crippen LogP contribution in [0.1, 0.15) is 23.8 Å². The molecule has 0 aliphatic heterocycles. The van der Waals surface area contributed by atoms with Gasteiger partial charge in [0.2, 0.25) is 0 Å². The van der Waals surface area contributed by atoms with Crippen molar-refractivity contribution < 1.29 is 0 Å². The predicted molar refractivity (Wildman–Crippen MR) is 80.4 cm³/mol. The molecule has 18 heavy (non-hydrogen) atoms. The maximum absolute atomic E-state index is 4.39. The van der Waals surface area contributed by atoms with Gasteiger partial charge in [0.1, 0.15) is 0 Å². The van der Waals surface area contributed by atoms with E-state index in [1.165, 1.54) is 10.4 Å². The topological polar surface area (TPSA) is 28.2 Å². The van der Waals surface area contributed by atoms with Gasteiger partial charge in [-0.1, -0.05) is 6.92 Å². The lowest BCUT2D eigenvalue weighted by Crippen LogP contribution is -2.15. The number of nitrogens with one attached hydrogen (secondary N) is 1. The first-order chi connectivity index (χ1) is 8.78. The summed E-state index contributed by atoms with van der Waals surface area (Å²) in [6.45, 7) is 5.12. The molecule has 0 saturated carbocycles. The smallest absolute Gasteiger partial charge is 0.182 e. The highest BCUT2D eigenvalue weighted by atomic mass is 32.1. The molecule has 2 aromatic heterocycles. The zero-order valence-corrected chi connectivity index (χ0v) is 12.5. The number of nitrogens with zero attached hydrogens (tertiary/aromatic N) is 2. The molecule has 0 bridgehead atoms. The third-order valence-electron chi connectivity index (χ3n) is 2.54. The Kier molecular flexibility index (Phi) is 5.16. The Morgan fingerprint density at radius 2 is 2.28 bits per heavy atom. The first-order valence-corrected chi connectivity index (χ1v) is 7.92. The molecule has 0 aliphatic rings. The number of hydrogen-bond acceptors (Lipinski definition) is 5. The molecular weight excluding hydrogens is 262 g/mol. The Bertz CT molecular complexity index is 451. The molecule has 3 nitrogen and oxygen atoms in total. The van der Waals surface area contributed by atoms with Gasteiger partial charge in [0, 0.05) is 30.7 Å². The maximum atomic E-state index is 4.39. The number of thiazole rings is 1. The van der Waals surface area contributed by atoms with E-state index in [-0.39, 0.29) is 0 Å². The van der Waals surface area contributed by atoms with Crippen LogP contribution < -0.4 is 5.32 Å². The van der Waals surface area contributed by atoms with Crippen LogP contribution in [0.4, 0.5) is 5.13 Å². The summed E-state index contributed by atoms with van der Waals surface area (Å²) in [6, 6.07) is 2.18. The number of thiophene rings is 1. The van der Waals surface area contributed by atoms with E-state index in [4.69, 9.17) is 0 Å². The molecule has 2 aromatic rings. The van der Waals surface area contributed by atoms with Gasteiger partial charge in [-0.05, 0) is 35.9 Å². The van der Waals surface area contributed by atoms with Crippen molar-refractivity contribution in [2.24, 2.45) is 0 Å². The van der Waals surface area contributed by atoms with Crippen LogP contribution in [0, 0.1) is 0 Å². The van der Waals surface area contributed by atoms with E-state index in [1.807, 2.05) is 6.20 Å². The second-order valence-corrected chi connectivity index (χ2v) is 6.26. The largest absolute Gasteiger partial charge is 0.362 e. The van der Waals surface area contributed by atoms with E-state index in [1.54, 1.807) is 22.7 Å². The first-order valence-electron chi connectivity index (χ1n) is 6.16. The molecule has 2 rings (SSSR count). The molecule has 0 radical (unpaired) electrons. The minimum atomic E-state index is 0.960. The van der Waals surface area contributed by atoms with Crippen LogP contribution in [0.5, 0.6) is 0 Å². The summed E-state index contributed by atoms with van der Waals surface area (Å²) in [5.41, 5.74) is 1.39. The zero-order chi connectivity index (χ0) is 12.8. The highest BCUT2D eigenvalue weighted by Crippen LogP contribution is 2.20. The Labute approximate surface area is 116 Å². The van der Waals surface area contributed by atoms with E-state index in [0.29, 0.717) is 0 Å². The molecule has 5 heteroatoms. The monoisotopic (exact) mass is 281 g/mol. The lowest BCUT2D eigenvalue weighted by atomic mass is 10.3. The van der Waals surface area contributed by atoms with Gasteiger partial charge in [0.05, 0.1) is 0 Å². The van der Waals surface area contributed by atoms with Gasteiger partial charge in [-0.2, -0.15) is 11.3 Å². The standard InChI is InChI=1S/C13H19N3S2/c1-3-5-14-13-15-7-12(18-13)9-16(2)8-11-4-6-17-10-11/h4,6-7,10H,3,5,8-9H2,1-2H3,(H,14,15). The molecule has 0 fully saturated rings. The molecule has 0 atom stereocenters. The fourth-order valence-electron chi connectivity index (χ4n) is 1.71. The summed E-state index contributed by atoms with van der Waals surface area (Å²) in [5, 5.41) is 8.70. The average Bonchev–Trinajstić information content (AvgIpc) is 2.98. The van der Waals surface area contributed by atoms with Crippen LogP contribution in [0.3, 0.4) is 0 Å². The third-order valence-corrected chi connectivity index (χ3v) is 4.21. The SMILES string of the molecule is CCCNc1ncc(CN(C)Cc2ccsc2)s1. The Morgan fingerprint density at radius 1 is 1.39 bits per heavy atom. The van der Waals surface area contributed by atoms with Crippen molar-refractivity contribution in [2.75, 3.05) is 18.9 Å². The van der Waals surface area contributed by atoms with Gasteiger partial charge in [0.25, 0.3) is 0 Å². The predicted octanol–water partition coefficient (Wildman–Crippen LogP) is 3.66. The summed E-state index contributed by atoms with van der Waals surface area (Å²) in [4.78, 5) is 8.02. The molecule has 98 valence electrons. The van der Waals surface area contributed by atoms with Crippen molar-refractivity contribution in [1.82, 2.24) is 9.88 Å². The Balaban J connectivity index is 1.83. The van der Waals surface area contributed by atoms with Crippen molar-refractivity contribution in [2.45, 2.75) is 26.4 Å². The second kappa shape index (κ2) is 6.87. The second-order valence-electron chi connectivity index (χ2n) is 4.36. The van der Waals surface area contributed by atoms with E-state index in [2.05, 4.69) is 46.0 Å². The highest BCUT2D eigenvalue weighted by molar-refractivity contribution is 7.15. The number of rotatable bonds is 7. The van der Waals surface area contributed by atoms with Crippen LogP contribution in [0.25, 0.3) is 0 Å². The van der Waals surface area contributed by atoms with Crippen LogP contribution in [-0.4, -0.2) is 23.5 Å².